The van der Waals surface area contributed by atoms with Gasteiger partial charge in [-0.3, -0.25) is 10.1 Å². The summed E-state index contributed by atoms with van der Waals surface area (Å²) in [7, 11) is -3.70. The van der Waals surface area contributed by atoms with Crippen LogP contribution in [0.4, 0.5) is 18.3 Å². The third kappa shape index (κ3) is 5.40. The molecule has 0 saturated carbocycles. The van der Waals surface area contributed by atoms with E-state index >= 15 is 0 Å². The van der Waals surface area contributed by atoms with Crippen molar-refractivity contribution in [3.63, 3.8) is 0 Å². The van der Waals surface area contributed by atoms with Gasteiger partial charge in [-0.25, -0.2) is 22.2 Å². The first-order chi connectivity index (χ1) is 16.2. The second kappa shape index (κ2) is 10.1. The molecule has 7 nitrogen and oxygen atoms in total. The number of ether oxygens (including phenoxy) is 1. The summed E-state index contributed by atoms with van der Waals surface area (Å²) in [6.07, 6.45) is 2.01. The van der Waals surface area contributed by atoms with Crippen LogP contribution in [0.2, 0.25) is 0 Å². The fraction of sp³-hybridized carbons (Fsp3) is 0.273. The van der Waals surface area contributed by atoms with Crippen molar-refractivity contribution < 1.29 is 31.1 Å². The minimum atomic E-state index is -3.70. The minimum Gasteiger partial charge on any atom is -0.473 e. The molecule has 1 aliphatic heterocycles. The molecule has 2 heterocycles. The van der Waals surface area contributed by atoms with E-state index in [0.29, 0.717) is 30.5 Å². The van der Waals surface area contributed by atoms with Crippen LogP contribution >= 0.6 is 11.3 Å². The Balaban J connectivity index is 1.62. The number of anilines is 1. The molecule has 4 rings (SSSR count). The maximum Gasteiger partial charge on any atom is 0.271 e. The first kappa shape index (κ1) is 24.2. The van der Waals surface area contributed by atoms with Crippen LogP contribution in [0.5, 0.6) is 5.75 Å². The van der Waals surface area contributed by atoms with Gasteiger partial charge in [-0.05, 0) is 37.1 Å². The number of nitrogens with one attached hydrogen (secondary N) is 1. The monoisotopic (exact) mass is 511 g/mol. The molecule has 1 N–H and O–H groups in total. The van der Waals surface area contributed by atoms with Crippen LogP contribution in [-0.4, -0.2) is 36.7 Å². The number of carbonyl (C=O) groups excluding carboxylic acids is 1. The van der Waals surface area contributed by atoms with Crippen molar-refractivity contribution in [3.05, 3.63) is 71.0 Å². The highest BCUT2D eigenvalue weighted by Crippen LogP contribution is 2.29. The molecule has 1 aliphatic rings. The van der Waals surface area contributed by atoms with Gasteiger partial charge in [-0.2, -0.15) is 8.70 Å². The Kier molecular flexibility index (Phi) is 7.19. The second-order valence-corrected chi connectivity index (χ2v) is 10.5. The summed E-state index contributed by atoms with van der Waals surface area (Å²) in [6.45, 7) is 0.874. The largest absolute Gasteiger partial charge is 0.473 e. The number of rotatable bonds is 7. The first-order valence-corrected chi connectivity index (χ1v) is 12.6. The first-order valence-electron chi connectivity index (χ1n) is 10.4. The van der Waals surface area contributed by atoms with Crippen LogP contribution in [0, 0.1) is 16.8 Å². The fourth-order valence-corrected chi connectivity index (χ4v) is 5.59. The zero-order valence-electron chi connectivity index (χ0n) is 17.7. The summed E-state index contributed by atoms with van der Waals surface area (Å²) in [6, 6.07) is 8.05. The van der Waals surface area contributed by atoms with E-state index in [1.165, 1.54) is 28.6 Å². The maximum atomic E-state index is 14.2. The van der Waals surface area contributed by atoms with Gasteiger partial charge in [-0.15, -0.1) is 0 Å². The van der Waals surface area contributed by atoms with E-state index in [0.717, 1.165) is 37.6 Å². The molecule has 1 fully saturated rings. The lowest BCUT2D eigenvalue weighted by molar-refractivity contribution is -0.123. The highest BCUT2D eigenvalue weighted by molar-refractivity contribution is 7.89. The second-order valence-electron chi connectivity index (χ2n) is 7.57. The lowest BCUT2D eigenvalue weighted by Gasteiger charge is -2.26. The maximum absolute atomic E-state index is 14.2. The van der Waals surface area contributed by atoms with E-state index in [1.54, 1.807) is 0 Å². The number of aromatic nitrogens is 1. The molecule has 3 aromatic rings. The highest BCUT2D eigenvalue weighted by Gasteiger charge is 2.28. The number of hydrogen-bond donors (Lipinski definition) is 1. The summed E-state index contributed by atoms with van der Waals surface area (Å²) in [5.74, 6) is -3.04. The molecule has 0 bridgehead atoms. The zero-order chi connectivity index (χ0) is 24.3. The van der Waals surface area contributed by atoms with Crippen LogP contribution < -0.4 is 10.1 Å². The molecule has 180 valence electrons. The van der Waals surface area contributed by atoms with Crippen molar-refractivity contribution in [2.45, 2.75) is 30.3 Å². The van der Waals surface area contributed by atoms with E-state index in [9.17, 15) is 26.4 Å². The molecule has 2 aromatic carbocycles. The molecule has 1 amide bonds. The number of piperidine rings is 1. The number of amides is 1. The third-order valence-corrected chi connectivity index (χ3v) is 7.83. The molecule has 0 radical (unpaired) electrons. The Labute approximate surface area is 198 Å². The van der Waals surface area contributed by atoms with E-state index in [-0.39, 0.29) is 15.6 Å². The lowest BCUT2D eigenvalue weighted by atomic mass is 10.1. The number of nitrogens with zero attached hydrogens (tertiary/aromatic N) is 2. The van der Waals surface area contributed by atoms with E-state index in [4.69, 9.17) is 4.74 Å². The summed E-state index contributed by atoms with van der Waals surface area (Å²) in [5.41, 5.74) is 0.204. The van der Waals surface area contributed by atoms with Crippen molar-refractivity contribution in [3.8, 4) is 5.75 Å². The minimum absolute atomic E-state index is 0.0417. The molecule has 1 aromatic heterocycles. The summed E-state index contributed by atoms with van der Waals surface area (Å²) < 4.78 is 73.5. The number of hydrogen-bond acceptors (Lipinski definition) is 6. The van der Waals surface area contributed by atoms with Gasteiger partial charge in [0.05, 0.1) is 11.1 Å². The van der Waals surface area contributed by atoms with Crippen molar-refractivity contribution in [2.75, 3.05) is 18.4 Å². The van der Waals surface area contributed by atoms with Crippen LogP contribution in [-0.2, 0) is 14.8 Å². The Bertz CT molecular complexity index is 1280. The Morgan fingerprint density at radius 1 is 1.06 bits per heavy atom. The van der Waals surface area contributed by atoms with Gasteiger partial charge in [0, 0.05) is 24.7 Å². The lowest BCUT2D eigenvalue weighted by Crippen LogP contribution is -2.35. The Hall–Kier alpha value is -2.96. The predicted octanol–water partition coefficient (Wildman–Crippen LogP) is 4.49. The SMILES string of the molecule is O=C(Nc1ncc(F)s1)C(Oc1ccc(F)cc1F)c1ccc(S(=O)(=O)N2CCCCC2)cc1. The van der Waals surface area contributed by atoms with E-state index in [2.05, 4.69) is 10.3 Å². The van der Waals surface area contributed by atoms with Crippen LogP contribution in [0.3, 0.4) is 0 Å². The smallest absolute Gasteiger partial charge is 0.271 e. The number of benzene rings is 2. The standard InChI is InChI=1S/C22H20F3N3O4S2/c23-15-6-9-18(17(24)12-15)32-20(21(29)27-22-26-13-19(25)33-22)14-4-7-16(8-5-14)34(30,31)28-10-2-1-3-11-28/h4-9,12-13,20H,1-3,10-11H2,(H,26,27,29). The van der Waals surface area contributed by atoms with Gasteiger partial charge in [0.1, 0.15) is 5.82 Å². The van der Waals surface area contributed by atoms with Crippen molar-refractivity contribution in [1.29, 1.82) is 0 Å². The van der Waals surface area contributed by atoms with Crippen molar-refractivity contribution in [1.82, 2.24) is 9.29 Å². The van der Waals surface area contributed by atoms with Crippen molar-refractivity contribution >= 4 is 32.4 Å². The molecular formula is C22H20F3N3O4S2. The number of carbonyl (C=O) groups is 1. The van der Waals surface area contributed by atoms with Gasteiger partial charge in [0.15, 0.2) is 21.8 Å². The zero-order valence-corrected chi connectivity index (χ0v) is 19.3. The van der Waals surface area contributed by atoms with Crippen LogP contribution in [0.1, 0.15) is 30.9 Å². The Morgan fingerprint density at radius 2 is 1.76 bits per heavy atom. The van der Waals surface area contributed by atoms with Gasteiger partial charge >= 0.3 is 0 Å². The summed E-state index contributed by atoms with van der Waals surface area (Å²) in [5, 5.41) is 1.73. The molecule has 34 heavy (non-hydrogen) atoms. The van der Waals surface area contributed by atoms with Gasteiger partial charge in [-0.1, -0.05) is 29.9 Å². The molecule has 12 heteroatoms. The highest BCUT2D eigenvalue weighted by atomic mass is 32.2. The van der Waals surface area contributed by atoms with Gasteiger partial charge in [0.2, 0.25) is 16.1 Å². The molecule has 1 unspecified atom stereocenters. The van der Waals surface area contributed by atoms with Gasteiger partial charge < -0.3 is 4.74 Å². The normalized spacial score (nSPS) is 15.6. The number of thiazole rings is 1. The quantitative estimate of drug-likeness (QED) is 0.505. The van der Waals surface area contributed by atoms with E-state index < -0.39 is 44.5 Å². The van der Waals surface area contributed by atoms with E-state index in [1.807, 2.05) is 0 Å². The average Bonchev–Trinajstić information content (AvgIpc) is 3.23. The number of sulfonamides is 1. The van der Waals surface area contributed by atoms with Crippen LogP contribution in [0.25, 0.3) is 0 Å². The molecule has 0 aliphatic carbocycles. The summed E-state index contributed by atoms with van der Waals surface area (Å²) in [4.78, 5) is 16.7. The molecule has 0 spiro atoms. The topological polar surface area (TPSA) is 88.6 Å². The van der Waals surface area contributed by atoms with Crippen molar-refractivity contribution in [2.24, 2.45) is 0 Å². The third-order valence-electron chi connectivity index (χ3n) is 5.22. The van der Waals surface area contributed by atoms with Crippen LogP contribution in [0.15, 0.2) is 53.6 Å². The summed E-state index contributed by atoms with van der Waals surface area (Å²) >= 11 is 0.588. The molecule has 1 saturated heterocycles. The average molecular weight is 512 g/mol. The molecular weight excluding hydrogens is 491 g/mol. The molecule has 1 atom stereocenters. The fourth-order valence-electron chi connectivity index (χ4n) is 3.52. The van der Waals surface area contributed by atoms with Gasteiger partial charge in [0.25, 0.3) is 5.91 Å². The Morgan fingerprint density at radius 3 is 2.38 bits per heavy atom. The predicted molar refractivity (Wildman–Crippen MR) is 119 cm³/mol. The number of halogens is 3.